The molecule has 4 rings (SSSR count). The Morgan fingerprint density at radius 2 is 1.93 bits per heavy atom. The van der Waals surface area contributed by atoms with Crippen molar-refractivity contribution in [1.82, 2.24) is 15.5 Å². The molecular weight excluding hydrogens is 358 g/mol. The molecule has 7 nitrogen and oxygen atoms in total. The van der Waals surface area contributed by atoms with Crippen LogP contribution < -0.4 is 14.8 Å². The van der Waals surface area contributed by atoms with Crippen LogP contribution in [-0.4, -0.2) is 34.4 Å². The molecule has 0 bridgehead atoms. The number of nitrogens with zero attached hydrogens (tertiary/aromatic N) is 1. The van der Waals surface area contributed by atoms with E-state index >= 15 is 0 Å². The maximum atomic E-state index is 12.6. The van der Waals surface area contributed by atoms with Crippen molar-refractivity contribution in [2.24, 2.45) is 0 Å². The highest BCUT2D eigenvalue weighted by Crippen LogP contribution is 2.32. The molecule has 144 valence electrons. The lowest BCUT2D eigenvalue weighted by molar-refractivity contribution is 0.0934. The van der Waals surface area contributed by atoms with Gasteiger partial charge in [0, 0.05) is 12.0 Å². The first-order valence-electron chi connectivity index (χ1n) is 9.16. The average Bonchev–Trinajstić information content (AvgIpc) is 3.07. The molecule has 0 fully saturated rings. The SMILES string of the molecule is CC(NC(=O)c1cc(-c2ccccc2O)n[nH]1)c1ccc2c(c1)OCCCO2. The van der Waals surface area contributed by atoms with Crippen molar-refractivity contribution in [1.29, 1.82) is 0 Å². The number of aromatic hydroxyl groups is 1. The van der Waals surface area contributed by atoms with Crippen molar-refractivity contribution < 1.29 is 19.4 Å². The Bertz CT molecular complexity index is 999. The van der Waals surface area contributed by atoms with E-state index in [1.807, 2.05) is 25.1 Å². The van der Waals surface area contributed by atoms with Crippen LogP contribution in [-0.2, 0) is 0 Å². The van der Waals surface area contributed by atoms with Gasteiger partial charge in [-0.2, -0.15) is 5.10 Å². The van der Waals surface area contributed by atoms with Crippen LogP contribution in [0.3, 0.4) is 0 Å². The third-order valence-electron chi connectivity index (χ3n) is 4.62. The Hall–Kier alpha value is -3.48. The van der Waals surface area contributed by atoms with E-state index in [2.05, 4.69) is 15.5 Å². The molecule has 1 unspecified atom stereocenters. The number of ether oxygens (including phenoxy) is 2. The summed E-state index contributed by atoms with van der Waals surface area (Å²) in [5.74, 6) is 1.25. The smallest absolute Gasteiger partial charge is 0.269 e. The number of aromatic nitrogens is 2. The molecule has 2 aromatic carbocycles. The summed E-state index contributed by atoms with van der Waals surface area (Å²) >= 11 is 0. The number of carbonyl (C=O) groups is 1. The molecule has 0 spiro atoms. The van der Waals surface area contributed by atoms with Crippen LogP contribution >= 0.6 is 0 Å². The fraction of sp³-hybridized carbons (Fsp3) is 0.238. The first kappa shape index (κ1) is 17.9. The van der Waals surface area contributed by atoms with Crippen molar-refractivity contribution in [2.75, 3.05) is 13.2 Å². The Morgan fingerprint density at radius 3 is 2.75 bits per heavy atom. The van der Waals surface area contributed by atoms with Crippen molar-refractivity contribution in [3.63, 3.8) is 0 Å². The first-order chi connectivity index (χ1) is 13.6. The molecule has 1 aliphatic heterocycles. The van der Waals surface area contributed by atoms with Gasteiger partial charge < -0.3 is 19.9 Å². The van der Waals surface area contributed by atoms with E-state index in [-0.39, 0.29) is 17.7 Å². The van der Waals surface area contributed by atoms with Crippen LogP contribution in [0, 0.1) is 0 Å². The summed E-state index contributed by atoms with van der Waals surface area (Å²) in [5, 5.41) is 19.8. The maximum absolute atomic E-state index is 12.6. The normalized spacial score (nSPS) is 14.2. The zero-order chi connectivity index (χ0) is 19.5. The van der Waals surface area contributed by atoms with E-state index in [9.17, 15) is 9.90 Å². The average molecular weight is 379 g/mol. The predicted octanol–water partition coefficient (Wildman–Crippen LogP) is 3.43. The van der Waals surface area contributed by atoms with Gasteiger partial charge >= 0.3 is 0 Å². The number of para-hydroxylation sites is 1. The number of hydrogen-bond donors (Lipinski definition) is 3. The highest BCUT2D eigenvalue weighted by Gasteiger charge is 2.18. The van der Waals surface area contributed by atoms with Crippen LogP contribution in [0.2, 0.25) is 0 Å². The van der Waals surface area contributed by atoms with Gasteiger partial charge in [0.05, 0.1) is 24.9 Å². The second kappa shape index (κ2) is 7.64. The zero-order valence-corrected chi connectivity index (χ0v) is 15.4. The van der Waals surface area contributed by atoms with Crippen LogP contribution in [0.5, 0.6) is 17.2 Å². The van der Waals surface area contributed by atoms with Gasteiger partial charge in [0.25, 0.3) is 5.91 Å². The van der Waals surface area contributed by atoms with E-state index < -0.39 is 0 Å². The number of benzene rings is 2. The third-order valence-corrected chi connectivity index (χ3v) is 4.62. The van der Waals surface area contributed by atoms with Crippen molar-refractivity contribution in [2.45, 2.75) is 19.4 Å². The topological polar surface area (TPSA) is 96.5 Å². The number of carbonyl (C=O) groups excluding carboxylic acids is 1. The summed E-state index contributed by atoms with van der Waals surface area (Å²) in [7, 11) is 0. The Labute approximate surface area is 162 Å². The Morgan fingerprint density at radius 1 is 1.14 bits per heavy atom. The minimum Gasteiger partial charge on any atom is -0.507 e. The summed E-state index contributed by atoms with van der Waals surface area (Å²) < 4.78 is 11.4. The van der Waals surface area contributed by atoms with Gasteiger partial charge in [-0.25, -0.2) is 0 Å². The van der Waals surface area contributed by atoms with Gasteiger partial charge in [-0.1, -0.05) is 18.2 Å². The fourth-order valence-corrected chi connectivity index (χ4v) is 3.07. The van der Waals surface area contributed by atoms with Crippen LogP contribution in [0.15, 0.2) is 48.5 Å². The molecule has 1 atom stereocenters. The molecule has 2 heterocycles. The minimum atomic E-state index is -0.284. The van der Waals surface area contributed by atoms with E-state index in [0.29, 0.717) is 35.9 Å². The highest BCUT2D eigenvalue weighted by molar-refractivity contribution is 5.93. The van der Waals surface area contributed by atoms with Gasteiger partial charge in [0.2, 0.25) is 0 Å². The Balaban J connectivity index is 1.48. The summed E-state index contributed by atoms with van der Waals surface area (Å²) in [5.41, 5.74) is 2.30. The van der Waals surface area contributed by atoms with Crippen LogP contribution in [0.25, 0.3) is 11.3 Å². The number of phenolic OH excluding ortho intramolecular Hbond substituents is 1. The molecule has 0 aliphatic carbocycles. The van der Waals surface area contributed by atoms with Crippen LogP contribution in [0.1, 0.15) is 35.4 Å². The number of amides is 1. The molecular formula is C21H21N3O4. The second-order valence-corrected chi connectivity index (χ2v) is 6.64. The number of aromatic amines is 1. The third kappa shape index (κ3) is 3.64. The molecule has 3 N–H and O–H groups in total. The lowest BCUT2D eigenvalue weighted by Gasteiger charge is -2.16. The fourth-order valence-electron chi connectivity index (χ4n) is 3.07. The number of hydrogen-bond acceptors (Lipinski definition) is 5. The molecule has 28 heavy (non-hydrogen) atoms. The van der Waals surface area contributed by atoms with Gasteiger partial charge in [-0.3, -0.25) is 9.89 Å². The van der Waals surface area contributed by atoms with E-state index in [1.54, 1.807) is 30.3 Å². The number of phenols is 1. The predicted molar refractivity (Wildman–Crippen MR) is 104 cm³/mol. The quantitative estimate of drug-likeness (QED) is 0.645. The maximum Gasteiger partial charge on any atom is 0.269 e. The van der Waals surface area contributed by atoms with Gasteiger partial charge in [0.15, 0.2) is 11.5 Å². The lowest BCUT2D eigenvalue weighted by Crippen LogP contribution is -2.27. The number of rotatable bonds is 4. The lowest BCUT2D eigenvalue weighted by atomic mass is 10.1. The monoisotopic (exact) mass is 379 g/mol. The summed E-state index contributed by atoms with van der Waals surface area (Å²) in [6, 6.07) is 13.9. The molecule has 0 radical (unpaired) electrons. The molecule has 7 heteroatoms. The minimum absolute atomic E-state index is 0.113. The van der Waals surface area contributed by atoms with Gasteiger partial charge in [-0.15, -0.1) is 0 Å². The van der Waals surface area contributed by atoms with Crippen LogP contribution in [0.4, 0.5) is 0 Å². The molecule has 0 saturated carbocycles. The Kier molecular flexibility index (Phi) is 4.89. The number of fused-ring (bicyclic) bond motifs is 1. The summed E-state index contributed by atoms with van der Waals surface area (Å²) in [6.07, 6.45) is 0.843. The highest BCUT2D eigenvalue weighted by atomic mass is 16.5. The van der Waals surface area contributed by atoms with Crippen molar-refractivity contribution >= 4 is 5.91 Å². The van der Waals surface area contributed by atoms with E-state index in [4.69, 9.17) is 9.47 Å². The summed E-state index contributed by atoms with van der Waals surface area (Å²) in [4.78, 5) is 12.6. The number of nitrogens with one attached hydrogen (secondary N) is 2. The van der Waals surface area contributed by atoms with E-state index in [1.165, 1.54) is 0 Å². The second-order valence-electron chi connectivity index (χ2n) is 6.64. The molecule has 1 aromatic heterocycles. The molecule has 3 aromatic rings. The zero-order valence-electron chi connectivity index (χ0n) is 15.4. The summed E-state index contributed by atoms with van der Waals surface area (Å²) in [6.45, 7) is 3.15. The van der Waals surface area contributed by atoms with E-state index in [0.717, 1.165) is 17.7 Å². The largest absolute Gasteiger partial charge is 0.507 e. The van der Waals surface area contributed by atoms with Gasteiger partial charge in [0.1, 0.15) is 11.4 Å². The molecule has 0 saturated heterocycles. The number of H-pyrrole nitrogens is 1. The first-order valence-corrected chi connectivity index (χ1v) is 9.16. The van der Waals surface area contributed by atoms with Crippen molar-refractivity contribution in [3.05, 3.63) is 59.8 Å². The van der Waals surface area contributed by atoms with Crippen molar-refractivity contribution in [3.8, 4) is 28.5 Å². The molecule has 1 aliphatic rings. The molecule has 1 amide bonds. The van der Waals surface area contributed by atoms with Gasteiger partial charge in [-0.05, 0) is 42.8 Å². The standard InChI is InChI=1S/C21H21N3O4/c1-13(14-7-8-19-20(11-14)28-10-4-9-27-19)22-21(26)17-12-16(23-24-17)15-5-2-3-6-18(15)25/h2-3,5-8,11-13,25H,4,9-10H2,1H3,(H,22,26)(H,23,24).